The molecular formula is C11H9F2NO2. The molecule has 0 unspecified atom stereocenters. The number of hydrogen-bond acceptors (Lipinski definition) is 3. The Kier molecular flexibility index (Phi) is 2.76. The van der Waals surface area contributed by atoms with Crippen LogP contribution in [0.3, 0.4) is 0 Å². The molecule has 2 aromatic rings. The summed E-state index contributed by atoms with van der Waals surface area (Å²) in [6.07, 6.45) is 1.45. The predicted molar refractivity (Wildman–Crippen MR) is 53.8 cm³/mol. The molecule has 0 saturated heterocycles. The minimum Gasteiger partial charge on any atom is -0.480 e. The van der Waals surface area contributed by atoms with Gasteiger partial charge in [0, 0.05) is 17.8 Å². The van der Waals surface area contributed by atoms with Crippen LogP contribution in [0.5, 0.6) is 5.75 Å². The lowest BCUT2D eigenvalue weighted by Gasteiger charge is -2.07. The van der Waals surface area contributed by atoms with E-state index >= 15 is 0 Å². The van der Waals surface area contributed by atoms with Crippen molar-refractivity contribution in [3.05, 3.63) is 47.9 Å². The number of ether oxygens (including phenoxy) is 1. The van der Waals surface area contributed by atoms with Gasteiger partial charge < -0.3 is 14.9 Å². The molecule has 3 nitrogen and oxygen atoms in total. The van der Waals surface area contributed by atoms with Crippen LogP contribution in [-0.4, -0.2) is 0 Å². The summed E-state index contributed by atoms with van der Waals surface area (Å²) in [5, 5.41) is 0. The summed E-state index contributed by atoms with van der Waals surface area (Å²) in [4.78, 5) is 0. The Morgan fingerprint density at radius 1 is 1.25 bits per heavy atom. The van der Waals surface area contributed by atoms with Gasteiger partial charge in [-0.15, -0.1) is 0 Å². The molecule has 0 aliphatic carbocycles. The Labute approximate surface area is 90.4 Å². The van der Waals surface area contributed by atoms with Crippen LogP contribution < -0.4 is 10.5 Å². The third-order valence-corrected chi connectivity index (χ3v) is 1.96. The lowest BCUT2D eigenvalue weighted by atomic mass is 10.3. The van der Waals surface area contributed by atoms with Gasteiger partial charge in [0.15, 0.2) is 17.4 Å². The molecule has 1 aromatic carbocycles. The van der Waals surface area contributed by atoms with Crippen LogP contribution in [0.1, 0.15) is 5.76 Å². The summed E-state index contributed by atoms with van der Waals surface area (Å²) in [6, 6.07) is 5.31. The maximum absolute atomic E-state index is 13.3. The monoisotopic (exact) mass is 225 g/mol. The summed E-state index contributed by atoms with van der Waals surface area (Å²) in [5.74, 6) is -1.63. The highest BCUT2D eigenvalue weighted by atomic mass is 19.1. The first-order valence-corrected chi connectivity index (χ1v) is 4.56. The number of nitrogens with two attached hydrogens (primary N) is 1. The third kappa shape index (κ3) is 2.13. The molecule has 0 atom stereocenters. The van der Waals surface area contributed by atoms with E-state index in [9.17, 15) is 8.78 Å². The minimum atomic E-state index is -0.830. The molecule has 0 saturated carbocycles. The van der Waals surface area contributed by atoms with E-state index in [1.54, 1.807) is 12.1 Å². The predicted octanol–water partition coefficient (Wildman–Crippen LogP) is 2.72. The lowest BCUT2D eigenvalue weighted by molar-refractivity contribution is 0.246. The average molecular weight is 225 g/mol. The summed E-state index contributed by atoms with van der Waals surface area (Å²) < 4.78 is 36.5. The van der Waals surface area contributed by atoms with Crippen molar-refractivity contribution in [3.8, 4) is 5.75 Å². The van der Waals surface area contributed by atoms with Crippen molar-refractivity contribution in [1.82, 2.24) is 0 Å². The van der Waals surface area contributed by atoms with E-state index in [0.29, 0.717) is 5.76 Å². The molecule has 84 valence electrons. The molecule has 1 aromatic heterocycles. The van der Waals surface area contributed by atoms with Crippen molar-refractivity contribution in [3.63, 3.8) is 0 Å². The average Bonchev–Trinajstić information content (AvgIpc) is 2.68. The van der Waals surface area contributed by atoms with Gasteiger partial charge in [-0.2, -0.15) is 0 Å². The number of halogens is 2. The van der Waals surface area contributed by atoms with E-state index < -0.39 is 17.4 Å². The van der Waals surface area contributed by atoms with Gasteiger partial charge in [0.2, 0.25) is 0 Å². The van der Waals surface area contributed by atoms with Gasteiger partial charge in [-0.25, -0.2) is 8.78 Å². The summed E-state index contributed by atoms with van der Waals surface area (Å²) in [5.41, 5.74) is 5.28. The van der Waals surface area contributed by atoms with E-state index in [-0.39, 0.29) is 12.3 Å². The van der Waals surface area contributed by atoms with E-state index in [1.165, 1.54) is 6.26 Å². The number of benzene rings is 1. The smallest absolute Gasteiger partial charge is 0.191 e. The first kappa shape index (κ1) is 10.5. The quantitative estimate of drug-likeness (QED) is 0.817. The molecule has 0 spiro atoms. The molecule has 5 heteroatoms. The maximum atomic E-state index is 13.3. The second kappa shape index (κ2) is 4.22. The fraction of sp³-hybridized carbons (Fsp3) is 0.0909. The maximum Gasteiger partial charge on any atom is 0.191 e. The van der Waals surface area contributed by atoms with Crippen LogP contribution in [0.2, 0.25) is 0 Å². The van der Waals surface area contributed by atoms with E-state index in [4.69, 9.17) is 14.9 Å². The van der Waals surface area contributed by atoms with E-state index in [2.05, 4.69) is 0 Å². The molecular weight excluding hydrogens is 216 g/mol. The first-order chi connectivity index (χ1) is 7.66. The minimum absolute atomic E-state index is 0.0142. The highest BCUT2D eigenvalue weighted by Crippen LogP contribution is 2.25. The van der Waals surface area contributed by atoms with Crippen LogP contribution in [0.15, 0.2) is 34.9 Å². The SMILES string of the molecule is Nc1cc(F)c(OCc2ccco2)c(F)c1. The zero-order valence-corrected chi connectivity index (χ0v) is 8.24. The van der Waals surface area contributed by atoms with Crippen LogP contribution in [0.25, 0.3) is 0 Å². The molecule has 0 radical (unpaired) electrons. The summed E-state index contributed by atoms with van der Waals surface area (Å²) in [7, 11) is 0. The fourth-order valence-electron chi connectivity index (χ4n) is 1.26. The number of rotatable bonds is 3. The zero-order chi connectivity index (χ0) is 11.5. The van der Waals surface area contributed by atoms with Crippen molar-refractivity contribution in [2.75, 3.05) is 5.73 Å². The fourth-order valence-corrected chi connectivity index (χ4v) is 1.26. The second-order valence-electron chi connectivity index (χ2n) is 3.18. The van der Waals surface area contributed by atoms with E-state index in [0.717, 1.165) is 12.1 Å². The molecule has 0 aliphatic heterocycles. The van der Waals surface area contributed by atoms with Gasteiger partial charge >= 0.3 is 0 Å². The van der Waals surface area contributed by atoms with Crippen molar-refractivity contribution in [2.24, 2.45) is 0 Å². The van der Waals surface area contributed by atoms with Gasteiger partial charge in [0.05, 0.1) is 6.26 Å². The van der Waals surface area contributed by atoms with Crippen LogP contribution in [-0.2, 0) is 6.61 Å². The zero-order valence-electron chi connectivity index (χ0n) is 8.24. The van der Waals surface area contributed by atoms with Gasteiger partial charge in [-0.3, -0.25) is 0 Å². The Morgan fingerprint density at radius 3 is 2.50 bits per heavy atom. The van der Waals surface area contributed by atoms with E-state index in [1.807, 2.05) is 0 Å². The highest BCUT2D eigenvalue weighted by Gasteiger charge is 2.12. The molecule has 1 heterocycles. The summed E-state index contributed by atoms with van der Waals surface area (Å²) >= 11 is 0. The third-order valence-electron chi connectivity index (χ3n) is 1.96. The Morgan fingerprint density at radius 2 is 1.94 bits per heavy atom. The standard InChI is InChI=1S/C11H9F2NO2/c12-9-4-7(14)5-10(13)11(9)16-6-8-2-1-3-15-8/h1-5H,6,14H2. The Balaban J connectivity index is 2.15. The number of furan rings is 1. The topological polar surface area (TPSA) is 48.4 Å². The van der Waals surface area contributed by atoms with Gasteiger partial charge in [-0.1, -0.05) is 0 Å². The largest absolute Gasteiger partial charge is 0.480 e. The molecule has 0 fully saturated rings. The summed E-state index contributed by atoms with van der Waals surface area (Å²) in [6.45, 7) is -0.0369. The van der Waals surface area contributed by atoms with Crippen LogP contribution in [0.4, 0.5) is 14.5 Å². The molecule has 2 N–H and O–H groups in total. The Hall–Kier alpha value is -2.04. The number of anilines is 1. The normalized spacial score (nSPS) is 10.4. The Bertz CT molecular complexity index is 460. The van der Waals surface area contributed by atoms with Gasteiger partial charge in [0.1, 0.15) is 12.4 Å². The van der Waals surface area contributed by atoms with Crippen molar-refractivity contribution >= 4 is 5.69 Å². The van der Waals surface area contributed by atoms with Crippen LogP contribution in [0, 0.1) is 11.6 Å². The van der Waals surface area contributed by atoms with Gasteiger partial charge in [-0.05, 0) is 12.1 Å². The molecule has 0 aliphatic rings. The van der Waals surface area contributed by atoms with Gasteiger partial charge in [0.25, 0.3) is 0 Å². The van der Waals surface area contributed by atoms with Crippen LogP contribution >= 0.6 is 0 Å². The highest BCUT2D eigenvalue weighted by molar-refractivity contribution is 5.44. The molecule has 0 bridgehead atoms. The first-order valence-electron chi connectivity index (χ1n) is 4.56. The van der Waals surface area contributed by atoms with Crippen molar-refractivity contribution in [2.45, 2.75) is 6.61 Å². The lowest BCUT2D eigenvalue weighted by Crippen LogP contribution is -2.00. The number of nitrogen functional groups attached to an aromatic ring is 1. The molecule has 0 amide bonds. The van der Waals surface area contributed by atoms with Crippen molar-refractivity contribution in [1.29, 1.82) is 0 Å². The number of hydrogen-bond donors (Lipinski definition) is 1. The molecule has 16 heavy (non-hydrogen) atoms. The second-order valence-corrected chi connectivity index (χ2v) is 3.18. The van der Waals surface area contributed by atoms with Crippen molar-refractivity contribution < 1.29 is 17.9 Å². The molecule has 2 rings (SSSR count).